The van der Waals surface area contributed by atoms with Gasteiger partial charge in [0.05, 0.1) is 0 Å². The second-order valence-corrected chi connectivity index (χ2v) is 4.84. The minimum Gasteiger partial charge on any atom is -0.358 e. The fraction of sp³-hybridized carbons (Fsp3) is 0.286. The molecule has 0 aliphatic heterocycles. The highest BCUT2D eigenvalue weighted by Crippen LogP contribution is 2.31. The number of rotatable bonds is 1. The Morgan fingerprint density at radius 3 is 2.94 bits per heavy atom. The van der Waals surface area contributed by atoms with Crippen LogP contribution in [0, 0.1) is 5.92 Å². The zero-order valence-electron chi connectivity index (χ0n) is 9.62. The molecule has 1 aliphatic carbocycles. The topological polar surface area (TPSA) is 49.9 Å². The van der Waals surface area contributed by atoms with Gasteiger partial charge < -0.3 is 4.98 Å². The van der Waals surface area contributed by atoms with Crippen LogP contribution >= 0.6 is 0 Å². The first-order valence-corrected chi connectivity index (χ1v) is 5.82. The summed E-state index contributed by atoms with van der Waals surface area (Å²) in [5.41, 5.74) is 3.38. The molecule has 3 heteroatoms. The molecule has 3 nitrogen and oxygen atoms in total. The molecule has 0 bridgehead atoms. The van der Waals surface area contributed by atoms with Crippen LogP contribution in [0.3, 0.4) is 0 Å². The highest BCUT2D eigenvalue weighted by atomic mass is 16.1. The van der Waals surface area contributed by atoms with Crippen LogP contribution in [0.25, 0.3) is 10.9 Å². The van der Waals surface area contributed by atoms with E-state index in [0.717, 1.165) is 34.9 Å². The number of Topliss-reactive ketones (excluding diaryl/α,β-unsaturated/α-hetero) is 1. The quantitative estimate of drug-likeness (QED) is 0.761. The molecule has 0 saturated carbocycles. The van der Waals surface area contributed by atoms with Gasteiger partial charge in [0.2, 0.25) is 0 Å². The first-order valence-electron chi connectivity index (χ1n) is 5.82. The Morgan fingerprint density at radius 1 is 1.35 bits per heavy atom. The van der Waals surface area contributed by atoms with Crippen LogP contribution in [0.5, 0.6) is 0 Å². The Labute approximate surface area is 98.8 Å². The number of benzene rings is 1. The van der Waals surface area contributed by atoms with E-state index in [4.69, 9.17) is 0 Å². The number of hydrogen-bond acceptors (Lipinski definition) is 2. The highest BCUT2D eigenvalue weighted by Gasteiger charge is 2.26. The van der Waals surface area contributed by atoms with E-state index in [1.54, 1.807) is 12.1 Å². The van der Waals surface area contributed by atoms with Gasteiger partial charge in [-0.25, -0.2) is 0 Å². The van der Waals surface area contributed by atoms with Crippen LogP contribution in [-0.4, -0.2) is 17.1 Å². The van der Waals surface area contributed by atoms with Crippen molar-refractivity contribution >= 4 is 23.0 Å². The number of aromatic nitrogens is 1. The molecule has 1 atom stereocenters. The lowest BCUT2D eigenvalue weighted by Gasteiger charge is -2.16. The van der Waals surface area contributed by atoms with Crippen molar-refractivity contribution in [3.8, 4) is 0 Å². The van der Waals surface area contributed by atoms with Gasteiger partial charge in [0, 0.05) is 34.1 Å². The molecule has 2 aromatic rings. The number of aromatic amines is 1. The Balaban J connectivity index is 2.29. The number of carbonyl (C=O) groups is 2. The fourth-order valence-corrected chi connectivity index (χ4v) is 2.65. The van der Waals surface area contributed by atoms with Crippen molar-refractivity contribution in [2.45, 2.75) is 19.8 Å². The standard InChI is InChI=1S/C14H13NO2/c1-8-4-12-14(13(17)5-8)10-6-9(7-16)2-3-11(10)15-12/h2-3,6-8,15H,4-5H2,1H3. The minimum absolute atomic E-state index is 0.188. The zero-order valence-corrected chi connectivity index (χ0v) is 9.62. The molecule has 17 heavy (non-hydrogen) atoms. The number of nitrogens with one attached hydrogen (secondary N) is 1. The fourth-order valence-electron chi connectivity index (χ4n) is 2.65. The predicted molar refractivity (Wildman–Crippen MR) is 65.5 cm³/mol. The second kappa shape index (κ2) is 3.55. The van der Waals surface area contributed by atoms with Gasteiger partial charge in [-0.05, 0) is 30.5 Å². The molecule has 86 valence electrons. The van der Waals surface area contributed by atoms with Crippen LogP contribution in [0.2, 0.25) is 0 Å². The maximum absolute atomic E-state index is 12.1. The van der Waals surface area contributed by atoms with Gasteiger partial charge in [-0.1, -0.05) is 6.92 Å². The van der Waals surface area contributed by atoms with Crippen LogP contribution in [-0.2, 0) is 6.42 Å². The first kappa shape index (κ1) is 10.3. The second-order valence-electron chi connectivity index (χ2n) is 4.84. The molecular weight excluding hydrogens is 214 g/mol. The van der Waals surface area contributed by atoms with Gasteiger partial charge in [0.25, 0.3) is 0 Å². The molecule has 0 spiro atoms. The summed E-state index contributed by atoms with van der Waals surface area (Å²) in [7, 11) is 0. The minimum atomic E-state index is 0.188. The van der Waals surface area contributed by atoms with Gasteiger partial charge in [-0.15, -0.1) is 0 Å². The summed E-state index contributed by atoms with van der Waals surface area (Å²) in [6.45, 7) is 2.09. The number of hydrogen-bond donors (Lipinski definition) is 1. The maximum Gasteiger partial charge on any atom is 0.165 e. The SMILES string of the molecule is CC1CC(=O)c2c([nH]c3ccc(C=O)cc23)C1. The summed E-state index contributed by atoms with van der Waals surface area (Å²) in [6.07, 6.45) is 2.33. The molecule has 0 saturated heterocycles. The van der Waals surface area contributed by atoms with Crippen molar-refractivity contribution in [1.29, 1.82) is 0 Å². The Kier molecular flexibility index (Phi) is 2.15. The van der Waals surface area contributed by atoms with E-state index in [-0.39, 0.29) is 5.78 Å². The van der Waals surface area contributed by atoms with Crippen LogP contribution in [0.1, 0.15) is 39.8 Å². The van der Waals surface area contributed by atoms with Crippen molar-refractivity contribution < 1.29 is 9.59 Å². The van der Waals surface area contributed by atoms with E-state index in [1.165, 1.54) is 0 Å². The molecule has 1 N–H and O–H groups in total. The Hall–Kier alpha value is -1.90. The van der Waals surface area contributed by atoms with Gasteiger partial charge >= 0.3 is 0 Å². The lowest BCUT2D eigenvalue weighted by molar-refractivity contribution is 0.0954. The molecule has 1 unspecified atom stereocenters. The largest absolute Gasteiger partial charge is 0.358 e. The van der Waals surface area contributed by atoms with Gasteiger partial charge in [-0.2, -0.15) is 0 Å². The normalized spacial score (nSPS) is 19.4. The predicted octanol–water partition coefficient (Wildman–Crippen LogP) is 2.75. The summed E-state index contributed by atoms with van der Waals surface area (Å²) in [5, 5.41) is 0.890. The lowest BCUT2D eigenvalue weighted by atomic mass is 9.87. The Morgan fingerprint density at radius 2 is 2.18 bits per heavy atom. The van der Waals surface area contributed by atoms with Crippen molar-refractivity contribution in [1.82, 2.24) is 4.98 Å². The van der Waals surface area contributed by atoms with Crippen molar-refractivity contribution in [3.63, 3.8) is 0 Å². The third-order valence-electron chi connectivity index (χ3n) is 3.40. The van der Waals surface area contributed by atoms with Gasteiger partial charge in [0.15, 0.2) is 5.78 Å². The Bertz CT molecular complexity index is 624. The molecule has 0 fully saturated rings. The summed E-state index contributed by atoms with van der Waals surface area (Å²) in [6, 6.07) is 5.44. The van der Waals surface area contributed by atoms with Gasteiger partial charge in [0.1, 0.15) is 6.29 Å². The number of H-pyrrole nitrogens is 1. The van der Waals surface area contributed by atoms with E-state index in [2.05, 4.69) is 11.9 Å². The molecular formula is C14H13NO2. The number of aldehydes is 1. The number of fused-ring (bicyclic) bond motifs is 3. The lowest BCUT2D eigenvalue weighted by Crippen LogP contribution is -2.16. The zero-order chi connectivity index (χ0) is 12.0. The van der Waals surface area contributed by atoms with Crippen molar-refractivity contribution in [3.05, 3.63) is 35.0 Å². The smallest absolute Gasteiger partial charge is 0.165 e. The van der Waals surface area contributed by atoms with E-state index in [0.29, 0.717) is 17.9 Å². The van der Waals surface area contributed by atoms with Crippen LogP contribution in [0.15, 0.2) is 18.2 Å². The molecule has 3 rings (SSSR count). The van der Waals surface area contributed by atoms with E-state index in [9.17, 15) is 9.59 Å². The first-order chi connectivity index (χ1) is 8.19. The third kappa shape index (κ3) is 1.50. The molecule has 1 heterocycles. The number of carbonyl (C=O) groups excluding carboxylic acids is 2. The molecule has 0 radical (unpaired) electrons. The summed E-state index contributed by atoms with van der Waals surface area (Å²) < 4.78 is 0. The highest BCUT2D eigenvalue weighted by molar-refractivity contribution is 6.10. The molecule has 1 aromatic carbocycles. The average Bonchev–Trinajstić information content (AvgIpc) is 2.65. The van der Waals surface area contributed by atoms with E-state index < -0.39 is 0 Å². The van der Waals surface area contributed by atoms with Gasteiger partial charge in [-0.3, -0.25) is 9.59 Å². The van der Waals surface area contributed by atoms with Crippen LogP contribution in [0.4, 0.5) is 0 Å². The molecule has 0 amide bonds. The van der Waals surface area contributed by atoms with E-state index >= 15 is 0 Å². The monoisotopic (exact) mass is 227 g/mol. The molecule has 1 aliphatic rings. The van der Waals surface area contributed by atoms with Crippen molar-refractivity contribution in [2.24, 2.45) is 5.92 Å². The van der Waals surface area contributed by atoms with Crippen LogP contribution < -0.4 is 0 Å². The van der Waals surface area contributed by atoms with Crippen molar-refractivity contribution in [2.75, 3.05) is 0 Å². The summed E-state index contributed by atoms with van der Waals surface area (Å²) in [4.78, 5) is 26.1. The summed E-state index contributed by atoms with van der Waals surface area (Å²) >= 11 is 0. The summed E-state index contributed by atoms with van der Waals surface area (Å²) in [5.74, 6) is 0.585. The number of ketones is 1. The average molecular weight is 227 g/mol. The molecule has 1 aromatic heterocycles. The van der Waals surface area contributed by atoms with E-state index in [1.807, 2.05) is 6.07 Å². The maximum atomic E-state index is 12.1. The third-order valence-corrected chi connectivity index (χ3v) is 3.40.